The van der Waals surface area contributed by atoms with E-state index in [1.807, 2.05) is 23.1 Å². The summed E-state index contributed by atoms with van der Waals surface area (Å²) >= 11 is 0. The van der Waals surface area contributed by atoms with Crippen molar-refractivity contribution >= 4 is 41.5 Å². The van der Waals surface area contributed by atoms with Crippen molar-refractivity contribution in [3.05, 3.63) is 60.2 Å². The van der Waals surface area contributed by atoms with E-state index in [1.54, 1.807) is 0 Å². The highest BCUT2D eigenvalue weighted by atomic mass is 127. The minimum atomic E-state index is -4.72. The summed E-state index contributed by atoms with van der Waals surface area (Å²) in [6.45, 7) is 3.47. The smallest absolute Gasteiger partial charge is 0.406 e. The Bertz CT molecular complexity index is 902. The Morgan fingerprint density at radius 1 is 1.03 bits per heavy atom. The number of hydrogen-bond donors (Lipinski definition) is 2. The third-order valence-corrected chi connectivity index (χ3v) is 4.99. The van der Waals surface area contributed by atoms with E-state index < -0.39 is 6.36 Å². The molecule has 0 saturated carbocycles. The van der Waals surface area contributed by atoms with Crippen LogP contribution < -0.4 is 20.7 Å². The topological polar surface area (TPSA) is 83.2 Å². The SMILES string of the molecule is I.NC(=NCc1ccc(OC(F)(F)F)cc1)NCCC(=O)N1CCN(c2ccccc2)CC1. The molecule has 180 valence electrons. The molecular weight excluding hydrogens is 550 g/mol. The molecular formula is C22H27F3IN5O2. The molecule has 3 rings (SSSR count). The fraction of sp³-hybridized carbons (Fsp3) is 0.364. The van der Waals surface area contributed by atoms with E-state index in [-0.39, 0.29) is 48.1 Å². The highest BCUT2D eigenvalue weighted by Crippen LogP contribution is 2.22. The fourth-order valence-electron chi connectivity index (χ4n) is 3.34. The number of hydrogen-bond acceptors (Lipinski definition) is 4. The first-order valence-corrected chi connectivity index (χ1v) is 10.3. The number of anilines is 1. The summed E-state index contributed by atoms with van der Waals surface area (Å²) in [5.74, 6) is -0.0694. The van der Waals surface area contributed by atoms with Gasteiger partial charge in [0.15, 0.2) is 5.96 Å². The number of carbonyl (C=O) groups excluding carboxylic acids is 1. The van der Waals surface area contributed by atoms with Crippen molar-refractivity contribution in [2.75, 3.05) is 37.6 Å². The Morgan fingerprint density at radius 3 is 2.27 bits per heavy atom. The van der Waals surface area contributed by atoms with Gasteiger partial charge in [-0.15, -0.1) is 37.1 Å². The van der Waals surface area contributed by atoms with Crippen molar-refractivity contribution in [2.24, 2.45) is 10.7 Å². The lowest BCUT2D eigenvalue weighted by atomic mass is 10.2. The molecule has 0 unspecified atom stereocenters. The molecule has 11 heteroatoms. The van der Waals surface area contributed by atoms with Gasteiger partial charge in [0, 0.05) is 44.8 Å². The molecule has 0 atom stereocenters. The first-order valence-electron chi connectivity index (χ1n) is 10.3. The van der Waals surface area contributed by atoms with Gasteiger partial charge >= 0.3 is 6.36 Å². The van der Waals surface area contributed by atoms with E-state index in [1.165, 1.54) is 24.3 Å². The van der Waals surface area contributed by atoms with Gasteiger partial charge in [-0.2, -0.15) is 0 Å². The Kier molecular flexibility index (Phi) is 10.1. The quantitative estimate of drug-likeness (QED) is 0.300. The number of guanidine groups is 1. The molecule has 2 aromatic rings. The number of rotatable bonds is 7. The zero-order valence-corrected chi connectivity index (χ0v) is 20.3. The lowest BCUT2D eigenvalue weighted by Crippen LogP contribution is -2.49. The largest absolute Gasteiger partial charge is 0.573 e. The zero-order valence-electron chi connectivity index (χ0n) is 17.9. The first-order chi connectivity index (χ1) is 15.3. The molecule has 1 aliphatic heterocycles. The highest BCUT2D eigenvalue weighted by Gasteiger charge is 2.30. The summed E-state index contributed by atoms with van der Waals surface area (Å²) in [6.07, 6.45) is -4.42. The number of benzene rings is 2. The molecule has 1 aliphatic rings. The Balaban J connectivity index is 0.00000385. The van der Waals surface area contributed by atoms with Gasteiger partial charge in [-0.1, -0.05) is 30.3 Å². The van der Waals surface area contributed by atoms with E-state index in [0.29, 0.717) is 31.6 Å². The minimum absolute atomic E-state index is 0. The van der Waals surface area contributed by atoms with Gasteiger partial charge in [0.25, 0.3) is 0 Å². The molecule has 1 saturated heterocycles. The van der Waals surface area contributed by atoms with E-state index in [4.69, 9.17) is 5.73 Å². The van der Waals surface area contributed by atoms with Crippen LogP contribution in [-0.2, 0) is 11.3 Å². The van der Waals surface area contributed by atoms with Crippen molar-refractivity contribution in [1.29, 1.82) is 0 Å². The maximum absolute atomic E-state index is 12.4. The van der Waals surface area contributed by atoms with Crippen LogP contribution in [0.2, 0.25) is 0 Å². The standard InChI is InChI=1S/C22H26F3N5O2.HI/c23-22(24,25)32-19-8-6-17(7-9-19)16-28-21(26)27-11-10-20(31)30-14-12-29(13-15-30)18-4-2-1-3-5-18;/h1-9H,10-16H2,(H3,26,27,28);1H. The Hall–Kier alpha value is -2.70. The molecule has 0 bridgehead atoms. The Morgan fingerprint density at radius 2 is 1.67 bits per heavy atom. The van der Waals surface area contributed by atoms with E-state index in [9.17, 15) is 18.0 Å². The van der Waals surface area contributed by atoms with Crippen LogP contribution in [0.25, 0.3) is 0 Å². The lowest BCUT2D eigenvalue weighted by Gasteiger charge is -2.36. The predicted molar refractivity (Wildman–Crippen MR) is 132 cm³/mol. The number of piperazine rings is 1. The molecule has 1 amide bonds. The van der Waals surface area contributed by atoms with Crippen LogP contribution in [0.5, 0.6) is 5.75 Å². The summed E-state index contributed by atoms with van der Waals surface area (Å²) in [6, 6.07) is 15.5. The van der Waals surface area contributed by atoms with Crippen molar-refractivity contribution in [1.82, 2.24) is 10.2 Å². The number of nitrogens with two attached hydrogens (primary N) is 1. The molecule has 0 radical (unpaired) electrons. The minimum Gasteiger partial charge on any atom is -0.406 e. The van der Waals surface area contributed by atoms with E-state index in [0.717, 1.165) is 18.8 Å². The monoisotopic (exact) mass is 577 g/mol. The molecule has 1 heterocycles. The van der Waals surface area contributed by atoms with Crippen LogP contribution in [0.4, 0.5) is 18.9 Å². The number of para-hydroxylation sites is 1. The fourth-order valence-corrected chi connectivity index (χ4v) is 3.34. The number of halogens is 4. The van der Waals surface area contributed by atoms with Crippen molar-refractivity contribution < 1.29 is 22.7 Å². The Labute approximate surface area is 207 Å². The molecule has 7 nitrogen and oxygen atoms in total. The van der Waals surface area contributed by atoms with E-state index in [2.05, 4.69) is 32.1 Å². The molecule has 0 spiro atoms. The second kappa shape index (κ2) is 12.5. The van der Waals surface area contributed by atoms with Gasteiger partial charge < -0.3 is 25.6 Å². The van der Waals surface area contributed by atoms with Crippen LogP contribution in [0.15, 0.2) is 59.6 Å². The summed E-state index contributed by atoms with van der Waals surface area (Å²) < 4.78 is 40.4. The maximum Gasteiger partial charge on any atom is 0.573 e. The number of alkyl halides is 3. The van der Waals surface area contributed by atoms with Crippen LogP contribution in [0, 0.1) is 0 Å². The maximum atomic E-state index is 12.4. The molecule has 0 aromatic heterocycles. The summed E-state index contributed by atoms with van der Waals surface area (Å²) in [5, 5.41) is 2.90. The third-order valence-electron chi connectivity index (χ3n) is 4.99. The van der Waals surface area contributed by atoms with Gasteiger partial charge in [-0.3, -0.25) is 4.79 Å². The first kappa shape index (κ1) is 26.6. The van der Waals surface area contributed by atoms with Crippen molar-refractivity contribution in [3.8, 4) is 5.75 Å². The second-order valence-corrected chi connectivity index (χ2v) is 7.27. The summed E-state index contributed by atoms with van der Waals surface area (Å²) in [4.78, 5) is 20.7. The normalized spacial score (nSPS) is 14.5. The zero-order chi connectivity index (χ0) is 23.0. The van der Waals surface area contributed by atoms with E-state index >= 15 is 0 Å². The average Bonchev–Trinajstić information content (AvgIpc) is 2.78. The van der Waals surface area contributed by atoms with Gasteiger partial charge in [0.05, 0.1) is 6.54 Å². The molecule has 33 heavy (non-hydrogen) atoms. The number of nitrogens with zero attached hydrogens (tertiary/aromatic N) is 3. The molecule has 1 fully saturated rings. The number of ether oxygens (including phenoxy) is 1. The van der Waals surface area contributed by atoms with Gasteiger partial charge in [0.1, 0.15) is 5.75 Å². The van der Waals surface area contributed by atoms with Crippen LogP contribution in [0.3, 0.4) is 0 Å². The number of carbonyl (C=O) groups is 1. The second-order valence-electron chi connectivity index (χ2n) is 7.27. The molecule has 3 N–H and O–H groups in total. The predicted octanol–water partition coefficient (Wildman–Crippen LogP) is 3.35. The van der Waals surface area contributed by atoms with Crippen molar-refractivity contribution in [3.63, 3.8) is 0 Å². The average molecular weight is 577 g/mol. The summed E-state index contributed by atoms with van der Waals surface area (Å²) in [7, 11) is 0. The number of aliphatic imine (C=N–C) groups is 1. The highest BCUT2D eigenvalue weighted by molar-refractivity contribution is 14.0. The lowest BCUT2D eigenvalue weighted by molar-refractivity contribution is -0.274. The molecule has 0 aliphatic carbocycles. The van der Waals surface area contributed by atoms with Gasteiger partial charge in [-0.05, 0) is 29.8 Å². The van der Waals surface area contributed by atoms with Gasteiger partial charge in [-0.25, -0.2) is 4.99 Å². The number of amides is 1. The van der Waals surface area contributed by atoms with Gasteiger partial charge in [0.2, 0.25) is 5.91 Å². The molecule has 2 aromatic carbocycles. The summed E-state index contributed by atoms with van der Waals surface area (Å²) in [5.41, 5.74) is 7.65. The van der Waals surface area contributed by atoms with Crippen LogP contribution in [0.1, 0.15) is 12.0 Å². The third kappa shape index (κ3) is 8.98. The van der Waals surface area contributed by atoms with Crippen LogP contribution in [-0.4, -0.2) is 55.9 Å². The van der Waals surface area contributed by atoms with Crippen molar-refractivity contribution in [2.45, 2.75) is 19.3 Å². The number of nitrogens with one attached hydrogen (secondary N) is 1. The van der Waals surface area contributed by atoms with Crippen LogP contribution >= 0.6 is 24.0 Å².